The number of thioether (sulfide) groups is 1. The van der Waals surface area contributed by atoms with E-state index in [-0.39, 0.29) is 0 Å². The lowest BCUT2D eigenvalue weighted by Gasteiger charge is -2.26. The zero-order chi connectivity index (χ0) is 9.26. The first kappa shape index (κ1) is 9.19. The van der Waals surface area contributed by atoms with Crippen molar-refractivity contribution < 1.29 is 0 Å². The molecule has 0 atom stereocenters. The van der Waals surface area contributed by atoms with Gasteiger partial charge in [0.05, 0.1) is 5.02 Å². The predicted octanol–water partition coefficient (Wildman–Crippen LogP) is 1.99. The molecular weight excluding hydrogens is 204 g/mol. The van der Waals surface area contributed by atoms with Gasteiger partial charge < -0.3 is 11.1 Å². The van der Waals surface area contributed by atoms with E-state index in [1.807, 2.05) is 18.2 Å². The second-order valence-corrected chi connectivity index (χ2v) is 4.84. The molecule has 70 valence electrons. The third-order valence-corrected chi connectivity index (χ3v) is 3.69. The average Bonchev–Trinajstić information content (AvgIpc) is 2.03. The lowest BCUT2D eigenvalue weighted by molar-refractivity contribution is 0.544. The minimum atomic E-state index is 0.652. The van der Waals surface area contributed by atoms with Crippen LogP contribution in [-0.4, -0.2) is 18.3 Å². The Morgan fingerprint density at radius 3 is 2.85 bits per heavy atom. The van der Waals surface area contributed by atoms with Crippen molar-refractivity contribution in [2.45, 2.75) is 10.1 Å². The first-order chi connectivity index (χ1) is 6.25. The molecule has 1 saturated heterocycles. The summed E-state index contributed by atoms with van der Waals surface area (Å²) < 4.78 is 0. The number of nitrogen functional groups attached to an aromatic ring is 1. The first-order valence-corrected chi connectivity index (χ1v) is 5.44. The summed E-state index contributed by atoms with van der Waals surface area (Å²) in [5, 5.41) is 4.67. The fourth-order valence-corrected chi connectivity index (χ4v) is 2.53. The van der Waals surface area contributed by atoms with Crippen LogP contribution in [0.4, 0.5) is 5.69 Å². The number of rotatable bonds is 2. The van der Waals surface area contributed by atoms with Gasteiger partial charge in [-0.3, -0.25) is 0 Å². The van der Waals surface area contributed by atoms with Gasteiger partial charge in [-0.15, -0.1) is 11.8 Å². The van der Waals surface area contributed by atoms with Crippen LogP contribution in [0.2, 0.25) is 5.02 Å². The Morgan fingerprint density at radius 2 is 2.23 bits per heavy atom. The van der Waals surface area contributed by atoms with Crippen molar-refractivity contribution in [3.8, 4) is 0 Å². The van der Waals surface area contributed by atoms with Crippen molar-refractivity contribution in [1.82, 2.24) is 5.32 Å². The largest absolute Gasteiger partial charge is 0.399 e. The quantitative estimate of drug-likeness (QED) is 0.740. The fourth-order valence-electron chi connectivity index (χ4n) is 1.14. The van der Waals surface area contributed by atoms with Gasteiger partial charge >= 0.3 is 0 Å². The molecule has 2 rings (SSSR count). The van der Waals surface area contributed by atoms with Gasteiger partial charge in [-0.2, -0.15) is 0 Å². The Kier molecular flexibility index (Phi) is 2.67. The van der Waals surface area contributed by atoms with Crippen molar-refractivity contribution in [3.63, 3.8) is 0 Å². The van der Waals surface area contributed by atoms with Crippen LogP contribution in [0.1, 0.15) is 0 Å². The molecule has 1 fully saturated rings. The molecule has 2 nitrogen and oxygen atoms in total. The van der Waals surface area contributed by atoms with Crippen molar-refractivity contribution in [2.24, 2.45) is 0 Å². The minimum absolute atomic E-state index is 0.652. The molecule has 4 heteroatoms. The highest BCUT2D eigenvalue weighted by atomic mass is 35.5. The van der Waals surface area contributed by atoms with E-state index in [1.165, 1.54) is 0 Å². The summed E-state index contributed by atoms with van der Waals surface area (Å²) >= 11 is 7.82. The van der Waals surface area contributed by atoms with Crippen LogP contribution in [0, 0.1) is 0 Å². The molecular formula is C9H11ClN2S. The van der Waals surface area contributed by atoms with Crippen molar-refractivity contribution in [3.05, 3.63) is 23.2 Å². The van der Waals surface area contributed by atoms with E-state index in [1.54, 1.807) is 11.8 Å². The summed E-state index contributed by atoms with van der Waals surface area (Å²) in [6, 6.07) is 5.61. The lowest BCUT2D eigenvalue weighted by Crippen LogP contribution is -2.44. The van der Waals surface area contributed by atoms with E-state index in [2.05, 4.69) is 5.32 Å². The molecule has 13 heavy (non-hydrogen) atoms. The molecule has 0 unspecified atom stereocenters. The van der Waals surface area contributed by atoms with E-state index in [9.17, 15) is 0 Å². The summed E-state index contributed by atoms with van der Waals surface area (Å²) in [7, 11) is 0. The molecule has 1 aromatic rings. The third kappa shape index (κ3) is 2.10. The Balaban J connectivity index is 2.13. The number of hydrogen-bond donors (Lipinski definition) is 2. The molecule has 0 spiro atoms. The fraction of sp³-hybridized carbons (Fsp3) is 0.333. The number of anilines is 1. The predicted molar refractivity (Wildman–Crippen MR) is 58.4 cm³/mol. The highest BCUT2D eigenvalue weighted by molar-refractivity contribution is 8.00. The molecule has 1 aliphatic rings. The highest BCUT2D eigenvalue weighted by Crippen LogP contribution is 2.33. The molecule has 1 aliphatic heterocycles. The Labute approximate surface area is 86.8 Å². The normalized spacial score (nSPS) is 17.0. The summed E-state index contributed by atoms with van der Waals surface area (Å²) in [4.78, 5) is 1.09. The Morgan fingerprint density at radius 1 is 1.46 bits per heavy atom. The summed E-state index contributed by atoms with van der Waals surface area (Å²) in [5.74, 6) is 0. The number of benzene rings is 1. The first-order valence-electron chi connectivity index (χ1n) is 4.18. The SMILES string of the molecule is Nc1ccc(Cl)c(SC2CNC2)c1. The van der Waals surface area contributed by atoms with Crippen molar-refractivity contribution in [1.29, 1.82) is 0 Å². The maximum Gasteiger partial charge on any atom is 0.0543 e. The highest BCUT2D eigenvalue weighted by Gasteiger charge is 2.18. The van der Waals surface area contributed by atoms with Crippen LogP contribution in [0.15, 0.2) is 23.1 Å². The van der Waals surface area contributed by atoms with Crippen LogP contribution in [0.25, 0.3) is 0 Å². The smallest absolute Gasteiger partial charge is 0.0543 e. The van der Waals surface area contributed by atoms with Gasteiger partial charge in [-0.05, 0) is 18.2 Å². The van der Waals surface area contributed by atoms with E-state index >= 15 is 0 Å². The van der Waals surface area contributed by atoms with Gasteiger partial charge in [0.2, 0.25) is 0 Å². The van der Waals surface area contributed by atoms with E-state index in [0.717, 1.165) is 28.7 Å². The third-order valence-electron chi connectivity index (χ3n) is 1.99. The van der Waals surface area contributed by atoms with Gasteiger partial charge in [-0.25, -0.2) is 0 Å². The molecule has 0 bridgehead atoms. The molecule has 0 aliphatic carbocycles. The van der Waals surface area contributed by atoms with Gasteiger partial charge in [-0.1, -0.05) is 11.6 Å². The molecule has 1 aromatic carbocycles. The summed E-state index contributed by atoms with van der Waals surface area (Å²) in [6.07, 6.45) is 0. The second-order valence-electron chi connectivity index (χ2n) is 3.09. The van der Waals surface area contributed by atoms with Gasteiger partial charge in [0.15, 0.2) is 0 Å². The van der Waals surface area contributed by atoms with Crippen LogP contribution in [-0.2, 0) is 0 Å². The monoisotopic (exact) mass is 214 g/mol. The number of hydrogen-bond acceptors (Lipinski definition) is 3. The van der Waals surface area contributed by atoms with E-state index in [4.69, 9.17) is 17.3 Å². The maximum absolute atomic E-state index is 6.02. The zero-order valence-corrected chi connectivity index (χ0v) is 8.66. The van der Waals surface area contributed by atoms with Crippen LogP contribution in [0.3, 0.4) is 0 Å². The summed E-state index contributed by atoms with van der Waals surface area (Å²) in [6.45, 7) is 2.13. The lowest BCUT2D eigenvalue weighted by atomic mass is 10.3. The van der Waals surface area contributed by atoms with Crippen molar-refractivity contribution in [2.75, 3.05) is 18.8 Å². The van der Waals surface area contributed by atoms with Gasteiger partial charge in [0, 0.05) is 28.9 Å². The molecule has 1 heterocycles. The van der Waals surface area contributed by atoms with Crippen molar-refractivity contribution >= 4 is 29.1 Å². The topological polar surface area (TPSA) is 38.0 Å². The molecule has 0 amide bonds. The average molecular weight is 215 g/mol. The van der Waals surface area contributed by atoms with E-state index < -0.39 is 0 Å². The maximum atomic E-state index is 6.02. The van der Waals surface area contributed by atoms with Gasteiger partial charge in [0.25, 0.3) is 0 Å². The Bertz CT molecular complexity index is 312. The van der Waals surface area contributed by atoms with Crippen LogP contribution >= 0.6 is 23.4 Å². The number of halogens is 1. The summed E-state index contributed by atoms with van der Waals surface area (Å²) in [5.41, 5.74) is 6.45. The zero-order valence-electron chi connectivity index (χ0n) is 7.09. The molecule has 0 aromatic heterocycles. The molecule has 3 N–H and O–H groups in total. The molecule has 0 saturated carbocycles. The van der Waals surface area contributed by atoms with Crippen LogP contribution < -0.4 is 11.1 Å². The number of nitrogens with one attached hydrogen (secondary N) is 1. The Hall–Kier alpha value is -0.380. The van der Waals surface area contributed by atoms with E-state index in [0.29, 0.717) is 5.25 Å². The standard InChI is InChI=1S/C9H11ClN2S/c10-8-2-1-6(11)3-9(8)13-7-4-12-5-7/h1-3,7,12H,4-5,11H2. The minimum Gasteiger partial charge on any atom is -0.399 e. The van der Waals surface area contributed by atoms with Crippen LogP contribution in [0.5, 0.6) is 0 Å². The second kappa shape index (κ2) is 3.78. The van der Waals surface area contributed by atoms with Gasteiger partial charge in [0.1, 0.15) is 0 Å². The number of nitrogens with two attached hydrogens (primary N) is 1. The molecule has 0 radical (unpaired) electrons.